The van der Waals surface area contributed by atoms with Gasteiger partial charge in [0, 0.05) is 11.3 Å². The van der Waals surface area contributed by atoms with Crippen LogP contribution in [0.25, 0.3) is 0 Å². The van der Waals surface area contributed by atoms with Gasteiger partial charge in [-0.05, 0) is 37.7 Å². The summed E-state index contributed by atoms with van der Waals surface area (Å²) >= 11 is 1.84. The zero-order valence-electron chi connectivity index (χ0n) is 11.2. The maximum absolute atomic E-state index is 11.7. The third-order valence-corrected chi connectivity index (χ3v) is 4.44. The number of rotatable bonds is 5. The van der Waals surface area contributed by atoms with Crippen molar-refractivity contribution in [3.05, 3.63) is 23.7 Å². The van der Waals surface area contributed by atoms with E-state index in [1.54, 1.807) is 6.07 Å². The molecule has 3 N–H and O–H groups in total. The number of amides is 2. The molecule has 7 heteroatoms. The largest absolute Gasteiger partial charge is 0.475 e. The molecule has 0 bridgehead atoms. The number of nitrogens with one attached hydrogen (secondary N) is 2. The molecule has 1 aliphatic carbocycles. The quantitative estimate of drug-likeness (QED) is 0.774. The van der Waals surface area contributed by atoms with Crippen molar-refractivity contribution in [3.8, 4) is 0 Å². The molecule has 1 aromatic heterocycles. The van der Waals surface area contributed by atoms with Crippen molar-refractivity contribution in [2.75, 3.05) is 6.26 Å². The van der Waals surface area contributed by atoms with Crippen LogP contribution in [-0.2, 0) is 6.54 Å². The lowest BCUT2D eigenvalue weighted by Gasteiger charge is -2.13. The highest BCUT2D eigenvalue weighted by Crippen LogP contribution is 2.27. The van der Waals surface area contributed by atoms with Crippen molar-refractivity contribution in [1.29, 1.82) is 0 Å². The van der Waals surface area contributed by atoms with Crippen molar-refractivity contribution in [3.63, 3.8) is 0 Å². The second-order valence-corrected chi connectivity index (χ2v) is 5.90. The van der Waals surface area contributed by atoms with Gasteiger partial charge in [0.15, 0.2) is 0 Å². The first-order chi connectivity index (χ1) is 9.58. The van der Waals surface area contributed by atoms with E-state index in [4.69, 9.17) is 9.52 Å². The maximum Gasteiger partial charge on any atom is 0.371 e. The summed E-state index contributed by atoms with van der Waals surface area (Å²) in [4.78, 5) is 22.4. The average Bonchev–Trinajstić information content (AvgIpc) is 3.05. The SMILES string of the molecule is CSC1CCC(NC(=O)NCc2ccc(C(=O)O)o2)C1. The number of furan rings is 1. The van der Waals surface area contributed by atoms with Crippen molar-refractivity contribution in [2.45, 2.75) is 37.1 Å². The predicted octanol–water partition coefficient (Wildman–Crippen LogP) is 2.06. The molecule has 1 aliphatic rings. The van der Waals surface area contributed by atoms with E-state index < -0.39 is 5.97 Å². The zero-order valence-corrected chi connectivity index (χ0v) is 12.0. The van der Waals surface area contributed by atoms with Crippen molar-refractivity contribution < 1.29 is 19.1 Å². The molecule has 1 fully saturated rings. The van der Waals surface area contributed by atoms with Gasteiger partial charge in [0.2, 0.25) is 5.76 Å². The first-order valence-corrected chi connectivity index (χ1v) is 7.76. The molecule has 0 saturated heterocycles. The van der Waals surface area contributed by atoms with Gasteiger partial charge in [0.1, 0.15) is 5.76 Å². The highest BCUT2D eigenvalue weighted by molar-refractivity contribution is 7.99. The van der Waals surface area contributed by atoms with E-state index in [9.17, 15) is 9.59 Å². The Kier molecular flexibility index (Phi) is 4.94. The van der Waals surface area contributed by atoms with E-state index >= 15 is 0 Å². The molecule has 1 aromatic rings. The second kappa shape index (κ2) is 6.69. The van der Waals surface area contributed by atoms with Crippen LogP contribution in [-0.4, -0.2) is 34.7 Å². The Morgan fingerprint density at radius 2 is 2.25 bits per heavy atom. The molecule has 6 nitrogen and oxygen atoms in total. The second-order valence-electron chi connectivity index (χ2n) is 4.77. The zero-order chi connectivity index (χ0) is 14.5. The van der Waals surface area contributed by atoms with Crippen LogP contribution in [0.2, 0.25) is 0 Å². The number of aromatic carboxylic acids is 1. The van der Waals surface area contributed by atoms with E-state index in [0.717, 1.165) is 19.3 Å². The summed E-state index contributed by atoms with van der Waals surface area (Å²) in [6.45, 7) is 0.178. The third kappa shape index (κ3) is 3.93. The molecule has 110 valence electrons. The topological polar surface area (TPSA) is 91.6 Å². The summed E-state index contributed by atoms with van der Waals surface area (Å²) in [5.74, 6) is -0.818. The number of hydrogen-bond donors (Lipinski definition) is 3. The minimum Gasteiger partial charge on any atom is -0.475 e. The number of carbonyl (C=O) groups excluding carboxylic acids is 1. The number of urea groups is 1. The average molecular weight is 298 g/mol. The van der Waals surface area contributed by atoms with E-state index in [1.165, 1.54) is 6.07 Å². The van der Waals surface area contributed by atoms with E-state index in [0.29, 0.717) is 11.0 Å². The van der Waals surface area contributed by atoms with Crippen LogP contribution >= 0.6 is 11.8 Å². The lowest BCUT2D eigenvalue weighted by Crippen LogP contribution is -2.40. The fourth-order valence-corrected chi connectivity index (χ4v) is 3.07. The molecule has 20 heavy (non-hydrogen) atoms. The number of carboxylic acid groups (broad SMARTS) is 1. The predicted molar refractivity (Wildman–Crippen MR) is 76.0 cm³/mol. The Morgan fingerprint density at radius 3 is 2.85 bits per heavy atom. The smallest absolute Gasteiger partial charge is 0.371 e. The summed E-state index contributed by atoms with van der Waals surface area (Å²) in [6, 6.07) is 2.89. The highest BCUT2D eigenvalue weighted by atomic mass is 32.2. The maximum atomic E-state index is 11.7. The van der Waals surface area contributed by atoms with Gasteiger partial charge >= 0.3 is 12.0 Å². The monoisotopic (exact) mass is 298 g/mol. The summed E-state index contributed by atoms with van der Waals surface area (Å²) in [7, 11) is 0. The Hall–Kier alpha value is -1.63. The molecule has 0 aliphatic heterocycles. The number of carboxylic acids is 1. The standard InChI is InChI=1S/C13H18N2O4S/c1-20-10-4-2-8(6-10)15-13(18)14-7-9-3-5-11(19-9)12(16)17/h3,5,8,10H,2,4,6-7H2,1H3,(H,16,17)(H2,14,15,18). The van der Waals surface area contributed by atoms with Crippen LogP contribution in [0.15, 0.2) is 16.5 Å². The van der Waals surface area contributed by atoms with Crippen LogP contribution in [0.3, 0.4) is 0 Å². The van der Waals surface area contributed by atoms with Crippen LogP contribution in [0, 0.1) is 0 Å². The van der Waals surface area contributed by atoms with Gasteiger partial charge in [-0.2, -0.15) is 11.8 Å². The molecular formula is C13H18N2O4S. The number of hydrogen-bond acceptors (Lipinski definition) is 4. The lowest BCUT2D eigenvalue weighted by molar-refractivity contribution is 0.0660. The van der Waals surface area contributed by atoms with Crippen LogP contribution in [0.1, 0.15) is 35.6 Å². The van der Waals surface area contributed by atoms with Gasteiger partial charge in [0.05, 0.1) is 6.54 Å². The van der Waals surface area contributed by atoms with E-state index in [2.05, 4.69) is 16.9 Å². The first-order valence-electron chi connectivity index (χ1n) is 6.47. The van der Waals surface area contributed by atoms with Crippen molar-refractivity contribution in [1.82, 2.24) is 10.6 Å². The Morgan fingerprint density at radius 1 is 1.45 bits per heavy atom. The van der Waals surface area contributed by atoms with Crippen LogP contribution in [0.4, 0.5) is 4.79 Å². The summed E-state index contributed by atoms with van der Waals surface area (Å²) in [5.41, 5.74) is 0. The van der Waals surface area contributed by atoms with Crippen LogP contribution in [0.5, 0.6) is 0 Å². The third-order valence-electron chi connectivity index (χ3n) is 3.35. The van der Waals surface area contributed by atoms with Gasteiger partial charge in [-0.1, -0.05) is 0 Å². The summed E-state index contributed by atoms with van der Waals surface area (Å²) < 4.78 is 5.05. The molecule has 2 rings (SSSR count). The van der Waals surface area contributed by atoms with E-state index in [1.807, 2.05) is 11.8 Å². The molecule has 0 spiro atoms. The molecule has 2 unspecified atom stereocenters. The number of thioether (sulfide) groups is 1. The molecule has 1 saturated carbocycles. The molecule has 0 aromatic carbocycles. The first kappa shape index (κ1) is 14.8. The molecule has 1 heterocycles. The molecular weight excluding hydrogens is 280 g/mol. The molecule has 2 atom stereocenters. The van der Waals surface area contributed by atoms with Gasteiger partial charge in [-0.15, -0.1) is 0 Å². The van der Waals surface area contributed by atoms with Gasteiger partial charge in [0.25, 0.3) is 0 Å². The Bertz CT molecular complexity index is 488. The minimum absolute atomic E-state index is 0.124. The lowest BCUT2D eigenvalue weighted by atomic mass is 10.2. The van der Waals surface area contributed by atoms with Gasteiger partial charge in [-0.3, -0.25) is 0 Å². The normalized spacial score (nSPS) is 21.6. The summed E-state index contributed by atoms with van der Waals surface area (Å²) in [6.07, 6.45) is 5.22. The van der Waals surface area contributed by atoms with Crippen molar-refractivity contribution >= 4 is 23.8 Å². The Balaban J connectivity index is 1.73. The van der Waals surface area contributed by atoms with Crippen LogP contribution < -0.4 is 10.6 Å². The molecule has 0 radical (unpaired) electrons. The number of carbonyl (C=O) groups is 2. The molecule has 2 amide bonds. The fourth-order valence-electron chi connectivity index (χ4n) is 2.28. The van der Waals surface area contributed by atoms with Crippen molar-refractivity contribution in [2.24, 2.45) is 0 Å². The van der Waals surface area contributed by atoms with E-state index in [-0.39, 0.29) is 24.4 Å². The Labute approximate surface area is 121 Å². The minimum atomic E-state index is -1.12. The summed E-state index contributed by atoms with van der Waals surface area (Å²) in [5, 5.41) is 14.9. The van der Waals surface area contributed by atoms with Gasteiger partial charge < -0.3 is 20.2 Å². The van der Waals surface area contributed by atoms with Gasteiger partial charge in [-0.25, -0.2) is 9.59 Å². The highest BCUT2D eigenvalue weighted by Gasteiger charge is 2.25. The fraction of sp³-hybridized carbons (Fsp3) is 0.538.